The van der Waals surface area contributed by atoms with E-state index in [1.165, 1.54) is 4.88 Å². The Morgan fingerprint density at radius 3 is 2.68 bits per heavy atom. The van der Waals surface area contributed by atoms with Crippen molar-refractivity contribution in [1.29, 1.82) is 0 Å². The van der Waals surface area contributed by atoms with Crippen LogP contribution in [0, 0.1) is 6.92 Å². The van der Waals surface area contributed by atoms with E-state index in [2.05, 4.69) is 62.3 Å². The fourth-order valence-corrected chi connectivity index (χ4v) is 4.39. The molecule has 1 N–H and O–H groups in total. The van der Waals surface area contributed by atoms with Crippen LogP contribution in [0.5, 0.6) is 0 Å². The molecule has 0 spiro atoms. The maximum Gasteiger partial charge on any atom is 0.0843 e. The molecule has 1 aromatic carbocycles. The number of thiophene rings is 1. The summed E-state index contributed by atoms with van der Waals surface area (Å²) in [4.78, 5) is 1.24. The number of halogens is 3. The van der Waals surface area contributed by atoms with Gasteiger partial charge in [-0.2, -0.15) is 0 Å². The molecule has 0 aliphatic heterocycles. The number of benzene rings is 1. The Kier molecular flexibility index (Phi) is 5.49. The lowest BCUT2D eigenvalue weighted by Crippen LogP contribution is -2.21. The molecule has 1 aromatic heterocycles. The first-order valence-corrected chi connectivity index (χ1v) is 8.75. The first-order chi connectivity index (χ1) is 9.04. The van der Waals surface area contributed by atoms with E-state index < -0.39 is 0 Å². The fourth-order valence-electron chi connectivity index (χ4n) is 1.97. The highest BCUT2D eigenvalue weighted by atomic mass is 79.9. The largest absolute Gasteiger partial charge is 0.306 e. The summed E-state index contributed by atoms with van der Waals surface area (Å²) in [6.07, 6.45) is 0. The zero-order valence-electron chi connectivity index (χ0n) is 10.6. The Hall–Kier alpha value is 0.130. The molecular formula is C14H14Br2ClNS. The van der Waals surface area contributed by atoms with Crippen LogP contribution in [0.2, 0.25) is 5.02 Å². The minimum atomic E-state index is 0.130. The highest BCUT2D eigenvalue weighted by Crippen LogP contribution is 2.39. The maximum absolute atomic E-state index is 6.46. The van der Waals surface area contributed by atoms with Gasteiger partial charge in [-0.1, -0.05) is 36.7 Å². The van der Waals surface area contributed by atoms with Crippen molar-refractivity contribution >= 4 is 54.8 Å². The van der Waals surface area contributed by atoms with Gasteiger partial charge in [-0.15, -0.1) is 11.3 Å². The van der Waals surface area contributed by atoms with Gasteiger partial charge in [0, 0.05) is 14.4 Å². The average molecular weight is 424 g/mol. The van der Waals surface area contributed by atoms with Crippen LogP contribution in [0.4, 0.5) is 0 Å². The molecule has 0 bridgehead atoms. The summed E-state index contributed by atoms with van der Waals surface area (Å²) in [6, 6.07) is 8.45. The Labute approximate surface area is 139 Å². The quantitative estimate of drug-likeness (QED) is 0.642. The van der Waals surface area contributed by atoms with Crippen molar-refractivity contribution in [3.05, 3.63) is 53.6 Å². The second kappa shape index (κ2) is 6.72. The van der Waals surface area contributed by atoms with Crippen molar-refractivity contribution in [2.45, 2.75) is 19.9 Å². The summed E-state index contributed by atoms with van der Waals surface area (Å²) in [5.41, 5.74) is 2.24. The van der Waals surface area contributed by atoms with Gasteiger partial charge >= 0.3 is 0 Å². The molecule has 102 valence electrons. The number of aryl methyl sites for hydroxylation is 1. The lowest BCUT2D eigenvalue weighted by atomic mass is 10.0. The van der Waals surface area contributed by atoms with Gasteiger partial charge in [-0.3, -0.25) is 0 Å². The van der Waals surface area contributed by atoms with E-state index >= 15 is 0 Å². The normalized spacial score (nSPS) is 12.7. The summed E-state index contributed by atoms with van der Waals surface area (Å²) in [5, 5.41) is 4.35. The molecule has 0 saturated carbocycles. The second-order valence-electron chi connectivity index (χ2n) is 4.24. The zero-order valence-corrected chi connectivity index (χ0v) is 15.4. The lowest BCUT2D eigenvalue weighted by molar-refractivity contribution is 0.639. The van der Waals surface area contributed by atoms with Crippen molar-refractivity contribution < 1.29 is 0 Å². The summed E-state index contributed by atoms with van der Waals surface area (Å²) >= 11 is 15.3. The average Bonchev–Trinajstić information content (AvgIpc) is 2.70. The van der Waals surface area contributed by atoms with Crippen molar-refractivity contribution in [2.75, 3.05) is 6.54 Å². The predicted octanol–water partition coefficient (Wildman–Crippen LogP) is 5.93. The molecular weight excluding hydrogens is 409 g/mol. The summed E-state index contributed by atoms with van der Waals surface area (Å²) < 4.78 is 2.19. The van der Waals surface area contributed by atoms with Crippen LogP contribution in [0.1, 0.15) is 29.0 Å². The molecule has 2 rings (SSSR count). The van der Waals surface area contributed by atoms with E-state index in [0.717, 1.165) is 31.0 Å². The summed E-state index contributed by atoms with van der Waals surface area (Å²) in [6.45, 7) is 5.03. The summed E-state index contributed by atoms with van der Waals surface area (Å²) in [5.74, 6) is 0. The number of rotatable bonds is 4. The maximum atomic E-state index is 6.46. The molecule has 1 nitrogen and oxygen atoms in total. The standard InChI is InChI=1S/C14H14Br2ClNS/c1-3-18-13(11-7-10(15)14(16)19-11)9-6-4-5-8(2)12(9)17/h4-7,13,18H,3H2,1-2H3. The zero-order chi connectivity index (χ0) is 14.0. The van der Waals surface area contributed by atoms with Gasteiger partial charge in [-0.25, -0.2) is 0 Å². The van der Waals surface area contributed by atoms with E-state index in [9.17, 15) is 0 Å². The van der Waals surface area contributed by atoms with Crippen LogP contribution >= 0.6 is 54.8 Å². The van der Waals surface area contributed by atoms with Gasteiger partial charge in [0.2, 0.25) is 0 Å². The Balaban J connectivity index is 2.48. The van der Waals surface area contributed by atoms with Crippen LogP contribution in [0.25, 0.3) is 0 Å². The molecule has 0 saturated heterocycles. The molecule has 19 heavy (non-hydrogen) atoms. The topological polar surface area (TPSA) is 12.0 Å². The van der Waals surface area contributed by atoms with Gasteiger partial charge in [0.1, 0.15) is 0 Å². The van der Waals surface area contributed by atoms with Crippen molar-refractivity contribution in [3.63, 3.8) is 0 Å². The molecule has 0 amide bonds. The highest BCUT2D eigenvalue weighted by Gasteiger charge is 2.20. The van der Waals surface area contributed by atoms with Crippen LogP contribution < -0.4 is 5.32 Å². The first kappa shape index (κ1) is 15.5. The second-order valence-corrected chi connectivity index (χ2v) is 7.87. The Morgan fingerprint density at radius 1 is 1.37 bits per heavy atom. The number of hydrogen-bond acceptors (Lipinski definition) is 2. The molecule has 0 fully saturated rings. The van der Waals surface area contributed by atoms with Crippen LogP contribution in [0.3, 0.4) is 0 Å². The summed E-state index contributed by atoms with van der Waals surface area (Å²) in [7, 11) is 0. The van der Waals surface area contributed by atoms with Gasteiger partial charge in [0.05, 0.1) is 9.83 Å². The van der Waals surface area contributed by atoms with Gasteiger partial charge in [-0.05, 0) is 62.5 Å². The third-order valence-electron chi connectivity index (χ3n) is 2.89. The van der Waals surface area contributed by atoms with E-state index in [4.69, 9.17) is 11.6 Å². The predicted molar refractivity (Wildman–Crippen MR) is 91.4 cm³/mol. The highest BCUT2D eigenvalue weighted by molar-refractivity contribution is 9.13. The van der Waals surface area contributed by atoms with Gasteiger partial charge in [0.15, 0.2) is 0 Å². The fraction of sp³-hybridized carbons (Fsp3) is 0.286. The molecule has 1 unspecified atom stereocenters. The molecule has 5 heteroatoms. The SMILES string of the molecule is CCNC(c1cc(Br)c(Br)s1)c1cccc(C)c1Cl. The monoisotopic (exact) mass is 421 g/mol. The van der Waals surface area contributed by atoms with E-state index in [1.807, 2.05) is 13.0 Å². The van der Waals surface area contributed by atoms with Gasteiger partial charge in [0.25, 0.3) is 0 Å². The number of nitrogens with one attached hydrogen (secondary N) is 1. The third-order valence-corrected chi connectivity index (χ3v) is 6.73. The van der Waals surface area contributed by atoms with E-state index in [1.54, 1.807) is 11.3 Å². The van der Waals surface area contributed by atoms with Crippen molar-refractivity contribution in [1.82, 2.24) is 5.32 Å². The minimum absolute atomic E-state index is 0.130. The molecule has 1 atom stereocenters. The Bertz CT molecular complexity index is 563. The third kappa shape index (κ3) is 3.42. The molecule has 0 radical (unpaired) electrons. The van der Waals surface area contributed by atoms with Crippen LogP contribution in [-0.2, 0) is 0 Å². The first-order valence-electron chi connectivity index (χ1n) is 5.97. The lowest BCUT2D eigenvalue weighted by Gasteiger charge is -2.19. The van der Waals surface area contributed by atoms with Crippen LogP contribution in [-0.4, -0.2) is 6.54 Å². The number of hydrogen-bond donors (Lipinski definition) is 1. The Morgan fingerprint density at radius 2 is 2.11 bits per heavy atom. The molecule has 2 aromatic rings. The minimum Gasteiger partial charge on any atom is -0.306 e. The molecule has 0 aliphatic carbocycles. The van der Waals surface area contributed by atoms with Crippen LogP contribution in [0.15, 0.2) is 32.5 Å². The molecule has 0 aliphatic rings. The van der Waals surface area contributed by atoms with Gasteiger partial charge < -0.3 is 5.32 Å². The molecule has 1 heterocycles. The van der Waals surface area contributed by atoms with E-state index in [-0.39, 0.29) is 6.04 Å². The van der Waals surface area contributed by atoms with Crippen molar-refractivity contribution in [2.24, 2.45) is 0 Å². The van der Waals surface area contributed by atoms with Crippen molar-refractivity contribution in [3.8, 4) is 0 Å². The van der Waals surface area contributed by atoms with E-state index in [0.29, 0.717) is 0 Å². The smallest absolute Gasteiger partial charge is 0.0843 e.